The van der Waals surface area contributed by atoms with E-state index in [2.05, 4.69) is 5.32 Å². The number of fused-ring (bicyclic) bond motifs is 4. The maximum atomic E-state index is 13.1. The van der Waals surface area contributed by atoms with Crippen molar-refractivity contribution in [3.63, 3.8) is 0 Å². The van der Waals surface area contributed by atoms with Gasteiger partial charge in [-0.05, 0) is 68.8 Å². The van der Waals surface area contributed by atoms with E-state index in [0.29, 0.717) is 10.6 Å². The Balaban J connectivity index is 1.63. The number of carboxylic acid groups (broad SMARTS) is 1. The fourth-order valence-electron chi connectivity index (χ4n) is 5.47. The predicted octanol–water partition coefficient (Wildman–Crippen LogP) is 3.19. The Hall–Kier alpha value is -1.89. The van der Waals surface area contributed by atoms with Crippen LogP contribution in [0.2, 0.25) is 0 Å². The number of aryl methyl sites for hydroxylation is 1. The molecule has 5 rings (SSSR count). The lowest BCUT2D eigenvalue weighted by Crippen LogP contribution is -2.49. The van der Waals surface area contributed by atoms with Crippen molar-refractivity contribution in [2.75, 3.05) is 5.32 Å². The van der Waals surface area contributed by atoms with E-state index >= 15 is 0 Å². The maximum absolute atomic E-state index is 13.1. The SMILES string of the molecule is NC(=O)c1c(NC(=O)C2C3CCC(CC3)C2C(=O)O)sc2c1CCCCC2. The number of rotatable bonds is 4. The second-order valence-corrected chi connectivity index (χ2v) is 9.29. The maximum Gasteiger partial charge on any atom is 0.307 e. The van der Waals surface area contributed by atoms with Gasteiger partial charge >= 0.3 is 5.97 Å². The Kier molecular flexibility index (Phi) is 4.97. The second-order valence-electron chi connectivity index (χ2n) is 8.19. The lowest BCUT2D eigenvalue weighted by atomic mass is 9.58. The molecule has 2 bridgehead atoms. The first-order valence-electron chi connectivity index (χ1n) is 9.95. The first-order chi connectivity index (χ1) is 13.0. The van der Waals surface area contributed by atoms with Crippen LogP contribution in [0.1, 0.15) is 65.7 Å². The number of nitrogens with two attached hydrogens (primary N) is 1. The molecular formula is C20H26N2O4S. The molecule has 146 valence electrons. The Morgan fingerprint density at radius 1 is 0.963 bits per heavy atom. The Morgan fingerprint density at radius 2 is 1.59 bits per heavy atom. The largest absolute Gasteiger partial charge is 0.481 e. The van der Waals surface area contributed by atoms with Gasteiger partial charge in [0.05, 0.1) is 17.4 Å². The van der Waals surface area contributed by atoms with Crippen LogP contribution in [-0.4, -0.2) is 22.9 Å². The van der Waals surface area contributed by atoms with Gasteiger partial charge in [-0.2, -0.15) is 0 Å². The van der Waals surface area contributed by atoms with Crippen LogP contribution in [0.15, 0.2) is 0 Å². The monoisotopic (exact) mass is 390 g/mol. The molecule has 1 heterocycles. The summed E-state index contributed by atoms with van der Waals surface area (Å²) in [4.78, 5) is 38.2. The molecule has 4 aliphatic carbocycles. The van der Waals surface area contributed by atoms with Crippen molar-refractivity contribution >= 4 is 34.1 Å². The third kappa shape index (κ3) is 3.26. The molecule has 0 saturated heterocycles. The van der Waals surface area contributed by atoms with E-state index < -0.39 is 23.7 Å². The molecule has 6 nitrogen and oxygen atoms in total. The molecule has 0 radical (unpaired) electrons. The first kappa shape index (κ1) is 18.5. The smallest absolute Gasteiger partial charge is 0.307 e. The fourth-order valence-corrected chi connectivity index (χ4v) is 6.77. The minimum atomic E-state index is -0.873. The zero-order chi connectivity index (χ0) is 19.1. The van der Waals surface area contributed by atoms with Gasteiger partial charge in [0.25, 0.3) is 5.91 Å². The van der Waals surface area contributed by atoms with Crippen LogP contribution in [0.3, 0.4) is 0 Å². The minimum absolute atomic E-state index is 0.0823. The molecular weight excluding hydrogens is 364 g/mol. The standard InChI is InChI=1S/C20H26N2O4S/c21-17(23)16-12-4-2-1-3-5-13(12)27-19(16)22-18(24)14-10-6-8-11(9-7-10)15(14)20(25)26/h10-11,14-15H,1-9H2,(H2,21,23)(H,22,24)(H,25,26). The van der Waals surface area contributed by atoms with Crippen molar-refractivity contribution in [2.45, 2.75) is 57.8 Å². The number of anilines is 1. The third-order valence-corrected chi connectivity index (χ3v) is 7.92. The number of nitrogens with one attached hydrogen (secondary N) is 1. The summed E-state index contributed by atoms with van der Waals surface area (Å²) in [6, 6.07) is 0. The Labute approximate surface area is 162 Å². The second kappa shape index (κ2) is 7.26. The minimum Gasteiger partial charge on any atom is -0.481 e. The van der Waals surface area contributed by atoms with Gasteiger partial charge in [0.2, 0.25) is 5.91 Å². The Bertz CT molecular complexity index is 779. The van der Waals surface area contributed by atoms with Gasteiger partial charge in [-0.1, -0.05) is 6.42 Å². The van der Waals surface area contributed by atoms with Gasteiger partial charge in [-0.15, -0.1) is 11.3 Å². The highest BCUT2D eigenvalue weighted by molar-refractivity contribution is 7.17. The zero-order valence-corrected chi connectivity index (χ0v) is 16.1. The van der Waals surface area contributed by atoms with E-state index in [-0.39, 0.29) is 17.7 Å². The molecule has 27 heavy (non-hydrogen) atoms. The summed E-state index contributed by atoms with van der Waals surface area (Å²) in [5, 5.41) is 13.1. The highest BCUT2D eigenvalue weighted by atomic mass is 32.1. The summed E-state index contributed by atoms with van der Waals surface area (Å²) in [7, 11) is 0. The lowest BCUT2D eigenvalue weighted by molar-refractivity contribution is -0.156. The number of amides is 2. The van der Waals surface area contributed by atoms with Crippen LogP contribution in [0.25, 0.3) is 0 Å². The number of hydrogen-bond donors (Lipinski definition) is 3. The average molecular weight is 391 g/mol. The van der Waals surface area contributed by atoms with Crippen LogP contribution < -0.4 is 11.1 Å². The number of carbonyl (C=O) groups is 3. The molecule has 0 aliphatic heterocycles. The Morgan fingerprint density at radius 3 is 2.22 bits per heavy atom. The summed E-state index contributed by atoms with van der Waals surface area (Å²) in [5.41, 5.74) is 7.08. The fraction of sp³-hybridized carbons (Fsp3) is 0.650. The first-order valence-corrected chi connectivity index (χ1v) is 10.8. The summed E-state index contributed by atoms with van der Waals surface area (Å²) in [5.74, 6) is -2.57. The molecule has 3 fully saturated rings. The molecule has 1 aromatic rings. The summed E-state index contributed by atoms with van der Waals surface area (Å²) in [6.07, 6.45) is 8.56. The topological polar surface area (TPSA) is 109 Å². The van der Waals surface area contributed by atoms with Crippen LogP contribution >= 0.6 is 11.3 Å². The third-order valence-electron chi connectivity index (χ3n) is 6.71. The van der Waals surface area contributed by atoms with Crippen molar-refractivity contribution in [3.8, 4) is 0 Å². The predicted molar refractivity (Wildman–Crippen MR) is 103 cm³/mol. The van der Waals surface area contributed by atoms with Crippen molar-refractivity contribution in [2.24, 2.45) is 29.4 Å². The molecule has 0 aromatic carbocycles. The number of primary amides is 1. The van der Waals surface area contributed by atoms with Crippen molar-refractivity contribution < 1.29 is 19.5 Å². The van der Waals surface area contributed by atoms with Crippen LogP contribution in [0.5, 0.6) is 0 Å². The van der Waals surface area contributed by atoms with E-state index in [4.69, 9.17) is 5.73 Å². The molecule has 2 unspecified atom stereocenters. The van der Waals surface area contributed by atoms with E-state index in [1.165, 1.54) is 11.3 Å². The summed E-state index contributed by atoms with van der Waals surface area (Å²) in [6.45, 7) is 0. The number of aliphatic carboxylic acids is 1. The van der Waals surface area contributed by atoms with Crippen LogP contribution in [0, 0.1) is 23.7 Å². The highest BCUT2D eigenvalue weighted by Crippen LogP contribution is 2.49. The van der Waals surface area contributed by atoms with Gasteiger partial charge in [0.15, 0.2) is 0 Å². The molecule has 3 saturated carbocycles. The molecule has 7 heteroatoms. The van der Waals surface area contributed by atoms with Crippen molar-refractivity contribution in [1.82, 2.24) is 0 Å². The van der Waals surface area contributed by atoms with Gasteiger partial charge in [-0.25, -0.2) is 0 Å². The number of carboxylic acids is 1. The molecule has 4 aliphatic rings. The number of hydrogen-bond acceptors (Lipinski definition) is 4. The van der Waals surface area contributed by atoms with Crippen LogP contribution in [0.4, 0.5) is 5.00 Å². The zero-order valence-electron chi connectivity index (χ0n) is 15.3. The average Bonchev–Trinajstić information content (AvgIpc) is 2.82. The van der Waals surface area contributed by atoms with E-state index in [1.807, 2.05) is 0 Å². The molecule has 0 spiro atoms. The van der Waals surface area contributed by atoms with Gasteiger partial charge in [-0.3, -0.25) is 14.4 Å². The summed E-state index contributed by atoms with van der Waals surface area (Å²) < 4.78 is 0. The normalized spacial score (nSPS) is 29.6. The van der Waals surface area contributed by atoms with E-state index in [9.17, 15) is 19.5 Å². The van der Waals surface area contributed by atoms with Gasteiger partial charge in [0.1, 0.15) is 5.00 Å². The molecule has 1 aromatic heterocycles. The molecule has 2 amide bonds. The highest BCUT2D eigenvalue weighted by Gasteiger charge is 2.50. The van der Waals surface area contributed by atoms with E-state index in [0.717, 1.165) is 68.2 Å². The molecule has 2 atom stereocenters. The number of thiophene rings is 1. The van der Waals surface area contributed by atoms with E-state index in [1.54, 1.807) is 0 Å². The summed E-state index contributed by atoms with van der Waals surface area (Å²) >= 11 is 1.45. The van der Waals surface area contributed by atoms with Crippen LogP contribution in [-0.2, 0) is 22.4 Å². The van der Waals surface area contributed by atoms with Crippen molar-refractivity contribution in [1.29, 1.82) is 0 Å². The quantitative estimate of drug-likeness (QED) is 0.686. The van der Waals surface area contributed by atoms with Crippen molar-refractivity contribution in [3.05, 3.63) is 16.0 Å². The number of carbonyl (C=O) groups excluding carboxylic acids is 2. The van der Waals surface area contributed by atoms with Gasteiger partial charge < -0.3 is 16.2 Å². The van der Waals surface area contributed by atoms with Gasteiger partial charge in [0, 0.05) is 4.88 Å². The lowest BCUT2D eigenvalue weighted by Gasteiger charge is -2.45. The molecule has 4 N–H and O–H groups in total.